The van der Waals surface area contributed by atoms with E-state index in [2.05, 4.69) is 58.2 Å². The molecule has 9 nitrogen and oxygen atoms in total. The Hall–Kier alpha value is -4.76. The summed E-state index contributed by atoms with van der Waals surface area (Å²) < 4.78 is 17.4. The molecule has 1 aliphatic heterocycles. The molecular formula is C35H37N5O4. The van der Waals surface area contributed by atoms with Crippen LogP contribution in [-0.4, -0.2) is 52.2 Å². The number of amides is 1. The zero-order valence-electron chi connectivity index (χ0n) is 25.5. The van der Waals surface area contributed by atoms with Gasteiger partial charge in [-0.3, -0.25) is 14.7 Å². The van der Waals surface area contributed by atoms with Gasteiger partial charge in [0, 0.05) is 37.6 Å². The lowest BCUT2D eigenvalue weighted by molar-refractivity contribution is 0.0923. The van der Waals surface area contributed by atoms with E-state index in [1.807, 2.05) is 54.6 Å². The summed E-state index contributed by atoms with van der Waals surface area (Å²) in [6.45, 7) is 12.2. The van der Waals surface area contributed by atoms with Gasteiger partial charge in [0.05, 0.1) is 0 Å². The lowest BCUT2D eigenvalue weighted by Gasteiger charge is -2.19. The highest BCUT2D eigenvalue weighted by atomic mass is 16.5. The van der Waals surface area contributed by atoms with Crippen LogP contribution in [0.1, 0.15) is 60.1 Å². The fraction of sp³-hybridized carbons (Fsp3) is 0.314. The third kappa shape index (κ3) is 7.41. The maximum Gasteiger partial charge on any atom is 0.270 e. The first-order valence-electron chi connectivity index (χ1n) is 14.9. The molecule has 1 N–H and O–H groups in total. The molecule has 2 aromatic heterocycles. The first kappa shape index (κ1) is 29.3. The van der Waals surface area contributed by atoms with E-state index in [-0.39, 0.29) is 17.0 Å². The van der Waals surface area contributed by atoms with Crippen molar-refractivity contribution >= 4 is 16.7 Å². The Bertz CT molecular complexity index is 1740. The van der Waals surface area contributed by atoms with Gasteiger partial charge in [0.15, 0.2) is 5.82 Å². The van der Waals surface area contributed by atoms with Gasteiger partial charge < -0.3 is 19.3 Å². The number of fused-ring (bicyclic) bond motifs is 1. The van der Waals surface area contributed by atoms with Crippen molar-refractivity contribution in [2.24, 2.45) is 0 Å². The summed E-state index contributed by atoms with van der Waals surface area (Å²) in [7, 11) is 0. The predicted molar refractivity (Wildman–Crippen MR) is 168 cm³/mol. The van der Waals surface area contributed by atoms with Crippen molar-refractivity contribution in [2.45, 2.75) is 45.6 Å². The average Bonchev–Trinajstić information content (AvgIpc) is 3.73. The van der Waals surface area contributed by atoms with Crippen molar-refractivity contribution in [3.8, 4) is 17.2 Å². The minimum Gasteiger partial charge on any atom is -0.492 e. The Morgan fingerprint density at radius 1 is 0.955 bits per heavy atom. The molecule has 9 heteroatoms. The van der Waals surface area contributed by atoms with Crippen LogP contribution in [0.3, 0.4) is 0 Å². The predicted octanol–water partition coefficient (Wildman–Crippen LogP) is 6.42. The molecule has 1 fully saturated rings. The van der Waals surface area contributed by atoms with Crippen LogP contribution in [0, 0.1) is 6.92 Å². The topological polar surface area (TPSA) is 102 Å². The van der Waals surface area contributed by atoms with Crippen LogP contribution in [0.15, 0.2) is 83.5 Å². The third-order valence-electron chi connectivity index (χ3n) is 7.61. The number of nitrogens with one attached hydrogen (secondary N) is 1. The molecule has 3 aromatic carbocycles. The van der Waals surface area contributed by atoms with Crippen molar-refractivity contribution in [3.05, 3.63) is 108 Å². The Morgan fingerprint density at radius 2 is 1.68 bits per heavy atom. The molecular weight excluding hydrogens is 554 g/mol. The lowest BCUT2D eigenvalue weighted by Crippen LogP contribution is -2.31. The highest BCUT2D eigenvalue weighted by Crippen LogP contribution is 2.29. The fourth-order valence-electron chi connectivity index (χ4n) is 4.90. The zero-order chi connectivity index (χ0) is 30.7. The smallest absolute Gasteiger partial charge is 0.270 e. The number of ether oxygens (including phenoxy) is 2. The van der Waals surface area contributed by atoms with Crippen molar-refractivity contribution in [3.63, 3.8) is 0 Å². The highest BCUT2D eigenvalue weighted by Gasteiger charge is 2.23. The minimum atomic E-state index is -0.540. The normalized spacial score (nSPS) is 13.9. The van der Waals surface area contributed by atoms with Crippen LogP contribution in [0.4, 0.5) is 0 Å². The number of carbonyl (C=O) groups is 1. The number of hydrogen-bond acceptors (Lipinski definition) is 8. The summed E-state index contributed by atoms with van der Waals surface area (Å²) in [6, 6.07) is 23.0. The molecule has 6 rings (SSSR count). The first-order chi connectivity index (χ1) is 21.2. The molecule has 3 heterocycles. The highest BCUT2D eigenvalue weighted by molar-refractivity contribution is 5.96. The van der Waals surface area contributed by atoms with Gasteiger partial charge in [0.1, 0.15) is 35.6 Å². The number of carbonyl (C=O) groups excluding carboxylic acids is 1. The van der Waals surface area contributed by atoms with E-state index < -0.39 is 6.04 Å². The van der Waals surface area contributed by atoms with Gasteiger partial charge in [-0.1, -0.05) is 50.2 Å². The van der Waals surface area contributed by atoms with Crippen molar-refractivity contribution in [1.29, 1.82) is 0 Å². The molecule has 0 bridgehead atoms. The van der Waals surface area contributed by atoms with Gasteiger partial charge in [0.25, 0.3) is 5.91 Å². The standard InChI is InChI=1S/C35H37N5O4/c1-23-37-34(44-39-23)32(19-24-5-10-28(11-6-24)42-18-17-40-15-16-40)38-33(41)31-21-26-20-30(12-7-25(26)22-36-31)43-29-13-8-27(9-14-29)35(2,3)4/h5-14,20-22,32H,15-19H2,1-4H3,(H,38,41)/t32-/m0/s1. The van der Waals surface area contributed by atoms with Gasteiger partial charge in [-0.25, -0.2) is 0 Å². The van der Waals surface area contributed by atoms with E-state index in [0.717, 1.165) is 47.5 Å². The second-order valence-electron chi connectivity index (χ2n) is 12.2. The summed E-state index contributed by atoms with van der Waals surface area (Å²) in [6.07, 6.45) is 2.15. The molecule has 1 saturated heterocycles. The number of hydrogen-bond donors (Lipinski definition) is 1. The van der Waals surface area contributed by atoms with E-state index in [1.165, 1.54) is 5.56 Å². The second-order valence-corrected chi connectivity index (χ2v) is 12.2. The Morgan fingerprint density at radius 3 is 2.36 bits per heavy atom. The molecule has 44 heavy (non-hydrogen) atoms. The molecule has 1 amide bonds. The fourth-order valence-corrected chi connectivity index (χ4v) is 4.90. The Kier molecular flexibility index (Phi) is 8.30. The van der Waals surface area contributed by atoms with E-state index >= 15 is 0 Å². The molecule has 0 radical (unpaired) electrons. The lowest BCUT2D eigenvalue weighted by atomic mass is 9.87. The molecule has 1 aliphatic rings. The van der Waals surface area contributed by atoms with Crippen molar-refractivity contribution in [1.82, 2.24) is 25.3 Å². The molecule has 0 saturated carbocycles. The van der Waals surface area contributed by atoms with E-state index in [4.69, 9.17) is 14.0 Å². The molecule has 0 spiro atoms. The maximum absolute atomic E-state index is 13.5. The van der Waals surface area contributed by atoms with Crippen molar-refractivity contribution in [2.75, 3.05) is 26.2 Å². The van der Waals surface area contributed by atoms with Gasteiger partial charge in [-0.05, 0) is 77.4 Å². The van der Waals surface area contributed by atoms with E-state index in [9.17, 15) is 4.79 Å². The number of pyridine rings is 1. The number of aryl methyl sites for hydroxylation is 1. The number of benzene rings is 3. The molecule has 5 aromatic rings. The minimum absolute atomic E-state index is 0.0692. The maximum atomic E-state index is 13.5. The van der Waals surface area contributed by atoms with E-state index in [1.54, 1.807) is 19.2 Å². The second kappa shape index (κ2) is 12.5. The van der Waals surface area contributed by atoms with Crippen LogP contribution < -0.4 is 14.8 Å². The zero-order valence-corrected chi connectivity index (χ0v) is 25.5. The molecule has 1 atom stereocenters. The van der Waals surface area contributed by atoms with Crippen LogP contribution in [0.25, 0.3) is 10.8 Å². The summed E-state index contributed by atoms with van der Waals surface area (Å²) in [5.41, 5.74) is 2.58. The average molecular weight is 592 g/mol. The first-order valence-corrected chi connectivity index (χ1v) is 14.9. The van der Waals surface area contributed by atoms with Crippen LogP contribution in [0.5, 0.6) is 17.2 Å². The third-order valence-corrected chi connectivity index (χ3v) is 7.61. The number of nitrogens with zero attached hydrogens (tertiary/aromatic N) is 4. The van der Waals surface area contributed by atoms with Gasteiger partial charge >= 0.3 is 0 Å². The number of rotatable bonds is 11. The quantitative estimate of drug-likeness (QED) is 0.176. The SMILES string of the molecule is Cc1noc([C@H](Cc2ccc(OCCN3CC3)cc2)NC(=O)c2cc3cc(Oc4ccc(C(C)(C)C)cc4)ccc3cn2)n1. The molecule has 226 valence electrons. The summed E-state index contributed by atoms with van der Waals surface area (Å²) in [5, 5.41) is 8.73. The van der Waals surface area contributed by atoms with E-state index in [0.29, 0.717) is 30.5 Å². The van der Waals surface area contributed by atoms with Crippen molar-refractivity contribution < 1.29 is 18.8 Å². The van der Waals surface area contributed by atoms with Crippen LogP contribution in [-0.2, 0) is 11.8 Å². The summed E-state index contributed by atoms with van der Waals surface area (Å²) in [5.74, 6) is 2.73. The summed E-state index contributed by atoms with van der Waals surface area (Å²) >= 11 is 0. The number of aromatic nitrogens is 3. The van der Waals surface area contributed by atoms with Crippen LogP contribution >= 0.6 is 0 Å². The molecule has 0 aliphatic carbocycles. The van der Waals surface area contributed by atoms with Gasteiger partial charge in [0.2, 0.25) is 5.89 Å². The Balaban J connectivity index is 1.15. The van der Waals surface area contributed by atoms with Gasteiger partial charge in [-0.2, -0.15) is 4.98 Å². The van der Waals surface area contributed by atoms with Crippen LogP contribution in [0.2, 0.25) is 0 Å². The summed E-state index contributed by atoms with van der Waals surface area (Å²) in [4.78, 5) is 24.6. The molecule has 0 unspecified atom stereocenters. The van der Waals surface area contributed by atoms with Gasteiger partial charge in [-0.15, -0.1) is 0 Å². The monoisotopic (exact) mass is 591 g/mol. The Labute approximate surface area is 257 Å². The largest absolute Gasteiger partial charge is 0.492 e.